The van der Waals surface area contributed by atoms with E-state index in [1.54, 1.807) is 23.3 Å². The molecule has 2 amide bonds. The number of piperidine rings is 1. The molecule has 1 N–H and O–H groups in total. The Balaban J connectivity index is 1.14. The fourth-order valence-electron chi connectivity index (χ4n) is 6.08. The van der Waals surface area contributed by atoms with E-state index in [1.165, 1.54) is 17.5 Å². The smallest absolute Gasteiger partial charge is 0.257 e. The molecular formula is C29H29N5O3. The van der Waals surface area contributed by atoms with Crippen LogP contribution in [0, 0.1) is 0 Å². The maximum Gasteiger partial charge on any atom is 0.257 e. The number of nitrogens with zero attached hydrogens (tertiary/aromatic N) is 4. The van der Waals surface area contributed by atoms with Crippen LogP contribution in [0.4, 0.5) is 5.69 Å². The number of amides is 2. The summed E-state index contributed by atoms with van der Waals surface area (Å²) in [5.74, 6) is 0.846. The number of aromatic nitrogens is 3. The molecule has 1 fully saturated rings. The number of oxazole rings is 1. The zero-order valence-electron chi connectivity index (χ0n) is 20.8. The van der Waals surface area contributed by atoms with E-state index in [-0.39, 0.29) is 23.1 Å². The van der Waals surface area contributed by atoms with Crippen LogP contribution < -0.4 is 5.32 Å². The van der Waals surface area contributed by atoms with E-state index >= 15 is 0 Å². The molecule has 4 aromatic rings. The van der Waals surface area contributed by atoms with Crippen molar-refractivity contribution in [2.24, 2.45) is 7.05 Å². The Morgan fingerprint density at radius 2 is 1.95 bits per heavy atom. The SMILES string of the molecule is Cn1cc(C(=O)N2CCC3(CC2)CC(CC(=O)Nc2cccc(-c4cnco4)c2)c2ccccc23)cn1. The molecule has 2 aromatic carbocycles. The van der Waals surface area contributed by atoms with Gasteiger partial charge in [0, 0.05) is 44.0 Å². The summed E-state index contributed by atoms with van der Waals surface area (Å²) in [7, 11) is 1.82. The van der Waals surface area contributed by atoms with Crippen molar-refractivity contribution in [1.29, 1.82) is 0 Å². The van der Waals surface area contributed by atoms with Gasteiger partial charge in [-0.05, 0) is 53.9 Å². The standard InChI is InChI=1S/C29H29N5O3/c1-33-18-22(16-31-33)28(36)34-11-9-29(10-12-34)15-21(24-7-2-3-8-25(24)29)14-27(35)32-23-6-4-5-20(13-23)26-17-30-19-37-26/h2-8,13,16-19,21H,9-12,14-15H2,1H3,(H,32,35). The van der Waals surface area contributed by atoms with E-state index in [0.717, 1.165) is 30.5 Å². The van der Waals surface area contributed by atoms with Gasteiger partial charge in [0.05, 0.1) is 18.0 Å². The van der Waals surface area contributed by atoms with Gasteiger partial charge >= 0.3 is 0 Å². The van der Waals surface area contributed by atoms with Crippen LogP contribution in [0.5, 0.6) is 0 Å². The molecule has 8 heteroatoms. The van der Waals surface area contributed by atoms with Gasteiger partial charge in [-0.25, -0.2) is 4.98 Å². The molecule has 3 heterocycles. The third kappa shape index (κ3) is 4.43. The molecule has 1 unspecified atom stereocenters. The molecule has 188 valence electrons. The average Bonchev–Trinajstić information content (AvgIpc) is 3.66. The van der Waals surface area contributed by atoms with Crippen molar-refractivity contribution in [2.75, 3.05) is 18.4 Å². The first-order valence-corrected chi connectivity index (χ1v) is 12.7. The van der Waals surface area contributed by atoms with Crippen molar-refractivity contribution in [3.63, 3.8) is 0 Å². The summed E-state index contributed by atoms with van der Waals surface area (Å²) in [6.45, 7) is 1.41. The van der Waals surface area contributed by atoms with Gasteiger partial charge in [0.25, 0.3) is 5.91 Å². The van der Waals surface area contributed by atoms with Crippen molar-refractivity contribution < 1.29 is 14.0 Å². The number of aryl methyl sites for hydroxylation is 1. The number of rotatable bonds is 5. The molecule has 1 aliphatic carbocycles. The number of nitrogens with one attached hydrogen (secondary N) is 1. The third-order valence-corrected chi connectivity index (χ3v) is 7.86. The van der Waals surface area contributed by atoms with E-state index in [4.69, 9.17) is 4.42 Å². The number of fused-ring (bicyclic) bond motifs is 2. The second-order valence-electron chi connectivity index (χ2n) is 10.2. The van der Waals surface area contributed by atoms with Crippen LogP contribution in [0.1, 0.15) is 53.1 Å². The van der Waals surface area contributed by atoms with Crippen molar-refractivity contribution in [3.8, 4) is 11.3 Å². The third-order valence-electron chi connectivity index (χ3n) is 7.86. The molecule has 0 saturated carbocycles. The van der Waals surface area contributed by atoms with Crippen LogP contribution >= 0.6 is 0 Å². The first kappa shape index (κ1) is 23.2. The molecule has 1 atom stereocenters. The first-order chi connectivity index (χ1) is 18.0. The Hall–Kier alpha value is -4.20. The van der Waals surface area contributed by atoms with Crippen LogP contribution in [0.15, 0.2) is 77.9 Å². The van der Waals surface area contributed by atoms with E-state index < -0.39 is 0 Å². The second kappa shape index (κ2) is 9.35. The van der Waals surface area contributed by atoms with Crippen molar-refractivity contribution >= 4 is 17.5 Å². The summed E-state index contributed by atoms with van der Waals surface area (Å²) in [5, 5.41) is 7.22. The number of benzene rings is 2. The molecular weight excluding hydrogens is 466 g/mol. The van der Waals surface area contributed by atoms with Gasteiger partial charge in [-0.3, -0.25) is 14.3 Å². The lowest BCUT2D eigenvalue weighted by atomic mass is 9.73. The lowest BCUT2D eigenvalue weighted by Crippen LogP contribution is -2.44. The summed E-state index contributed by atoms with van der Waals surface area (Å²) in [4.78, 5) is 32.0. The minimum atomic E-state index is -0.00392. The Kier molecular flexibility index (Phi) is 5.87. The van der Waals surface area contributed by atoms with Gasteiger partial charge in [-0.15, -0.1) is 0 Å². The van der Waals surface area contributed by atoms with Gasteiger partial charge in [0.2, 0.25) is 5.91 Å². The summed E-state index contributed by atoms with van der Waals surface area (Å²) in [5.41, 5.74) is 4.84. The van der Waals surface area contributed by atoms with E-state index in [1.807, 2.05) is 36.2 Å². The summed E-state index contributed by atoms with van der Waals surface area (Å²) < 4.78 is 7.04. The topological polar surface area (TPSA) is 93.3 Å². The normalized spacial score (nSPS) is 18.1. The van der Waals surface area contributed by atoms with Crippen molar-refractivity contribution in [2.45, 2.75) is 37.0 Å². The fraction of sp³-hybridized carbons (Fsp3) is 0.310. The van der Waals surface area contributed by atoms with Gasteiger partial charge in [-0.2, -0.15) is 5.10 Å². The zero-order chi connectivity index (χ0) is 25.4. The van der Waals surface area contributed by atoms with Gasteiger partial charge in [0.1, 0.15) is 0 Å². The quantitative estimate of drug-likeness (QED) is 0.431. The molecule has 1 saturated heterocycles. The van der Waals surface area contributed by atoms with Gasteiger partial charge < -0.3 is 14.6 Å². The summed E-state index contributed by atoms with van der Waals surface area (Å²) in [6.07, 6.45) is 9.59. The lowest BCUT2D eigenvalue weighted by Gasteiger charge is -2.40. The predicted molar refractivity (Wildman–Crippen MR) is 139 cm³/mol. The monoisotopic (exact) mass is 495 g/mol. The number of carbonyl (C=O) groups is 2. The molecule has 2 aromatic heterocycles. The van der Waals surface area contributed by atoms with Crippen LogP contribution in [0.3, 0.4) is 0 Å². The maximum atomic E-state index is 13.1. The minimum Gasteiger partial charge on any atom is -0.444 e. The molecule has 37 heavy (non-hydrogen) atoms. The Bertz CT molecular complexity index is 1430. The van der Waals surface area contributed by atoms with Crippen LogP contribution in [0.2, 0.25) is 0 Å². The minimum absolute atomic E-state index is 0.000535. The Morgan fingerprint density at radius 1 is 1.11 bits per heavy atom. The molecule has 2 aliphatic rings. The van der Waals surface area contributed by atoms with Gasteiger partial charge in [-0.1, -0.05) is 36.4 Å². The predicted octanol–water partition coefficient (Wildman–Crippen LogP) is 4.77. The molecule has 1 spiro atoms. The van der Waals surface area contributed by atoms with Crippen molar-refractivity contribution in [1.82, 2.24) is 19.7 Å². The van der Waals surface area contributed by atoms with Crippen LogP contribution in [0.25, 0.3) is 11.3 Å². The number of carbonyl (C=O) groups excluding carboxylic acids is 2. The molecule has 0 bridgehead atoms. The highest BCUT2D eigenvalue weighted by Crippen LogP contribution is 2.52. The molecule has 6 rings (SSSR count). The highest BCUT2D eigenvalue weighted by molar-refractivity contribution is 5.94. The van der Waals surface area contributed by atoms with Crippen molar-refractivity contribution in [3.05, 3.63) is 90.2 Å². The number of hydrogen-bond acceptors (Lipinski definition) is 5. The molecule has 0 radical (unpaired) electrons. The molecule has 8 nitrogen and oxygen atoms in total. The Labute approximate surface area is 215 Å². The highest BCUT2D eigenvalue weighted by Gasteiger charge is 2.46. The Morgan fingerprint density at radius 3 is 2.70 bits per heavy atom. The average molecular weight is 496 g/mol. The van der Waals surface area contributed by atoms with E-state index in [2.05, 4.69) is 39.7 Å². The van der Waals surface area contributed by atoms with Crippen LogP contribution in [-0.2, 0) is 17.3 Å². The van der Waals surface area contributed by atoms with E-state index in [9.17, 15) is 9.59 Å². The fourth-order valence-corrected chi connectivity index (χ4v) is 6.08. The van der Waals surface area contributed by atoms with Crippen LogP contribution in [-0.4, -0.2) is 44.6 Å². The summed E-state index contributed by atoms with van der Waals surface area (Å²) >= 11 is 0. The number of hydrogen-bond donors (Lipinski definition) is 1. The first-order valence-electron chi connectivity index (χ1n) is 12.7. The van der Waals surface area contributed by atoms with Gasteiger partial charge in [0.15, 0.2) is 12.2 Å². The number of anilines is 1. The maximum absolute atomic E-state index is 13.1. The largest absolute Gasteiger partial charge is 0.444 e. The number of likely N-dealkylation sites (tertiary alicyclic amines) is 1. The second-order valence-corrected chi connectivity index (χ2v) is 10.2. The zero-order valence-corrected chi connectivity index (χ0v) is 20.8. The van der Waals surface area contributed by atoms with E-state index in [0.29, 0.717) is 30.8 Å². The molecule has 1 aliphatic heterocycles. The summed E-state index contributed by atoms with van der Waals surface area (Å²) in [6, 6.07) is 16.1. The lowest BCUT2D eigenvalue weighted by molar-refractivity contribution is -0.116. The highest BCUT2D eigenvalue weighted by atomic mass is 16.3.